The van der Waals surface area contributed by atoms with Crippen LogP contribution in [0.25, 0.3) is 10.9 Å². The van der Waals surface area contributed by atoms with Crippen LogP contribution in [-0.2, 0) is 0 Å². The van der Waals surface area contributed by atoms with Crippen LogP contribution in [0.5, 0.6) is 0 Å². The predicted molar refractivity (Wildman–Crippen MR) is 72.3 cm³/mol. The van der Waals surface area contributed by atoms with Gasteiger partial charge in [-0.1, -0.05) is 13.8 Å². The first-order chi connectivity index (χ1) is 8.40. The molecular formula is C15H17NO2. The molecule has 0 atom stereocenters. The number of hydrogen-bond acceptors (Lipinski definition) is 2. The summed E-state index contributed by atoms with van der Waals surface area (Å²) in [5.74, 6) is -0.679. The molecule has 0 aliphatic rings. The van der Waals surface area contributed by atoms with Crippen LogP contribution in [0.4, 0.5) is 0 Å². The fourth-order valence-electron chi connectivity index (χ4n) is 1.98. The van der Waals surface area contributed by atoms with Gasteiger partial charge in [-0.15, -0.1) is 0 Å². The van der Waals surface area contributed by atoms with Crippen molar-refractivity contribution < 1.29 is 9.90 Å². The van der Waals surface area contributed by atoms with Crippen LogP contribution in [0.15, 0.2) is 18.2 Å². The van der Waals surface area contributed by atoms with Crippen LogP contribution in [-0.4, -0.2) is 16.1 Å². The van der Waals surface area contributed by atoms with Crippen molar-refractivity contribution in [2.24, 2.45) is 0 Å². The van der Waals surface area contributed by atoms with Gasteiger partial charge in [0.2, 0.25) is 0 Å². The van der Waals surface area contributed by atoms with Gasteiger partial charge in [-0.25, -0.2) is 4.79 Å². The molecule has 0 spiro atoms. The number of pyridine rings is 1. The van der Waals surface area contributed by atoms with Gasteiger partial charge in [0.05, 0.1) is 11.1 Å². The summed E-state index contributed by atoms with van der Waals surface area (Å²) in [5.41, 5.74) is 4.15. The van der Waals surface area contributed by atoms with E-state index in [-0.39, 0.29) is 5.92 Å². The van der Waals surface area contributed by atoms with Crippen LogP contribution in [0.2, 0.25) is 0 Å². The van der Waals surface area contributed by atoms with Crippen LogP contribution >= 0.6 is 0 Å². The van der Waals surface area contributed by atoms with Gasteiger partial charge < -0.3 is 5.11 Å². The summed E-state index contributed by atoms with van der Waals surface area (Å²) < 4.78 is 0. The van der Waals surface area contributed by atoms with Crippen molar-refractivity contribution in [1.29, 1.82) is 0 Å². The van der Waals surface area contributed by atoms with E-state index in [9.17, 15) is 9.90 Å². The Morgan fingerprint density at radius 3 is 2.33 bits per heavy atom. The van der Waals surface area contributed by atoms with E-state index in [0.29, 0.717) is 5.56 Å². The quantitative estimate of drug-likeness (QED) is 0.875. The topological polar surface area (TPSA) is 50.2 Å². The maximum atomic E-state index is 11.4. The Labute approximate surface area is 106 Å². The Morgan fingerprint density at radius 2 is 1.78 bits per heavy atom. The largest absolute Gasteiger partial charge is 0.478 e. The van der Waals surface area contributed by atoms with Gasteiger partial charge in [0.1, 0.15) is 0 Å². The Hall–Kier alpha value is -1.90. The van der Waals surface area contributed by atoms with E-state index in [1.165, 1.54) is 0 Å². The highest BCUT2D eigenvalue weighted by Gasteiger charge is 2.14. The number of hydrogen-bond donors (Lipinski definition) is 1. The molecule has 1 N–H and O–H groups in total. The maximum absolute atomic E-state index is 11.4. The fraction of sp³-hybridized carbons (Fsp3) is 0.333. The lowest BCUT2D eigenvalue weighted by molar-refractivity contribution is 0.0699. The molecule has 0 amide bonds. The van der Waals surface area contributed by atoms with Crippen LogP contribution < -0.4 is 0 Å². The third-order valence-electron chi connectivity index (χ3n) is 3.27. The van der Waals surface area contributed by atoms with Gasteiger partial charge in [0.15, 0.2) is 0 Å². The molecule has 0 unspecified atom stereocenters. The number of aromatic nitrogens is 1. The fourth-order valence-corrected chi connectivity index (χ4v) is 1.98. The Morgan fingerprint density at radius 1 is 1.17 bits per heavy atom. The molecule has 2 aromatic rings. The molecular weight excluding hydrogens is 226 g/mol. The zero-order valence-electron chi connectivity index (χ0n) is 11.1. The molecule has 1 aromatic heterocycles. The van der Waals surface area contributed by atoms with Crippen molar-refractivity contribution in [2.45, 2.75) is 33.6 Å². The zero-order valence-corrected chi connectivity index (χ0v) is 11.1. The summed E-state index contributed by atoms with van der Waals surface area (Å²) in [6.07, 6.45) is 0. The monoisotopic (exact) mass is 243 g/mol. The lowest BCUT2D eigenvalue weighted by atomic mass is 9.99. The maximum Gasteiger partial charge on any atom is 0.336 e. The highest BCUT2D eigenvalue weighted by molar-refractivity contribution is 6.03. The van der Waals surface area contributed by atoms with Crippen molar-refractivity contribution >= 4 is 16.9 Å². The second kappa shape index (κ2) is 4.41. The minimum absolute atomic E-state index is 0.217. The lowest BCUT2D eigenvalue weighted by Crippen LogP contribution is -2.03. The average molecular weight is 243 g/mol. The number of benzene rings is 1. The molecule has 0 aliphatic heterocycles. The minimum Gasteiger partial charge on any atom is -0.478 e. The molecule has 18 heavy (non-hydrogen) atoms. The summed E-state index contributed by atoms with van der Waals surface area (Å²) >= 11 is 0. The standard InChI is InChI=1S/C15H17NO2/c1-8(2)13-7-12(15(17)18)11-5-9(3)10(4)6-14(11)16-13/h5-8H,1-4H3,(H,17,18). The molecule has 1 heterocycles. The molecule has 0 fully saturated rings. The normalized spacial score (nSPS) is 11.2. The van der Waals surface area contributed by atoms with Crippen LogP contribution in [0.1, 0.15) is 46.9 Å². The molecule has 0 saturated heterocycles. The first kappa shape index (κ1) is 12.6. The van der Waals surface area contributed by atoms with Crippen molar-refractivity contribution in [3.63, 3.8) is 0 Å². The molecule has 94 valence electrons. The summed E-state index contributed by atoms with van der Waals surface area (Å²) in [5, 5.41) is 10.0. The Kier molecular flexibility index (Phi) is 3.07. The molecule has 0 aliphatic carbocycles. The third kappa shape index (κ3) is 2.08. The predicted octanol–water partition coefficient (Wildman–Crippen LogP) is 3.67. The molecule has 0 bridgehead atoms. The minimum atomic E-state index is -0.896. The van der Waals surface area contributed by atoms with Crippen molar-refractivity contribution in [1.82, 2.24) is 4.98 Å². The Bertz CT molecular complexity index is 630. The van der Waals surface area contributed by atoms with E-state index in [1.54, 1.807) is 6.07 Å². The molecule has 3 heteroatoms. The number of carbonyl (C=O) groups is 1. The molecule has 3 nitrogen and oxygen atoms in total. The first-order valence-electron chi connectivity index (χ1n) is 6.05. The van der Waals surface area contributed by atoms with Crippen molar-refractivity contribution in [3.05, 3.63) is 40.6 Å². The summed E-state index contributed by atoms with van der Waals surface area (Å²) in [7, 11) is 0. The van der Waals surface area contributed by atoms with Gasteiger partial charge in [-0.3, -0.25) is 4.98 Å². The van der Waals surface area contributed by atoms with Crippen molar-refractivity contribution in [2.75, 3.05) is 0 Å². The SMILES string of the molecule is Cc1cc2nc(C(C)C)cc(C(=O)O)c2cc1C. The van der Waals surface area contributed by atoms with E-state index in [4.69, 9.17) is 0 Å². The second-order valence-electron chi connectivity index (χ2n) is 5.01. The third-order valence-corrected chi connectivity index (χ3v) is 3.27. The number of aryl methyl sites for hydroxylation is 2. The highest BCUT2D eigenvalue weighted by Crippen LogP contribution is 2.25. The van der Waals surface area contributed by atoms with Crippen LogP contribution in [0, 0.1) is 13.8 Å². The smallest absolute Gasteiger partial charge is 0.336 e. The van der Waals surface area contributed by atoms with Gasteiger partial charge in [0.25, 0.3) is 0 Å². The summed E-state index contributed by atoms with van der Waals surface area (Å²) in [6.45, 7) is 8.03. The molecule has 1 aromatic carbocycles. The number of carboxylic acid groups (broad SMARTS) is 1. The van der Waals surface area contributed by atoms with E-state index < -0.39 is 5.97 Å². The first-order valence-corrected chi connectivity index (χ1v) is 6.05. The molecule has 0 radical (unpaired) electrons. The molecule has 0 saturated carbocycles. The number of aromatic carboxylic acids is 1. The number of rotatable bonds is 2. The number of nitrogens with zero attached hydrogens (tertiary/aromatic N) is 1. The van der Waals surface area contributed by atoms with E-state index >= 15 is 0 Å². The summed E-state index contributed by atoms with van der Waals surface area (Å²) in [4.78, 5) is 15.9. The highest BCUT2D eigenvalue weighted by atomic mass is 16.4. The molecule has 2 rings (SSSR count). The van der Waals surface area contributed by atoms with Gasteiger partial charge in [0, 0.05) is 11.1 Å². The summed E-state index contributed by atoms with van der Waals surface area (Å²) in [6, 6.07) is 5.55. The number of carboxylic acids is 1. The van der Waals surface area contributed by atoms with Gasteiger partial charge in [-0.05, 0) is 49.1 Å². The van der Waals surface area contributed by atoms with Crippen molar-refractivity contribution in [3.8, 4) is 0 Å². The van der Waals surface area contributed by atoms with E-state index in [1.807, 2.05) is 39.8 Å². The van der Waals surface area contributed by atoms with Gasteiger partial charge >= 0.3 is 5.97 Å². The zero-order chi connectivity index (χ0) is 13.4. The second-order valence-corrected chi connectivity index (χ2v) is 5.01. The Balaban J connectivity index is 2.85. The van der Waals surface area contributed by atoms with Crippen LogP contribution in [0.3, 0.4) is 0 Å². The van der Waals surface area contributed by atoms with E-state index in [0.717, 1.165) is 27.7 Å². The van der Waals surface area contributed by atoms with E-state index in [2.05, 4.69) is 4.98 Å². The van der Waals surface area contributed by atoms with Gasteiger partial charge in [-0.2, -0.15) is 0 Å². The number of fused-ring (bicyclic) bond motifs is 1. The lowest BCUT2D eigenvalue weighted by Gasteiger charge is -2.11. The average Bonchev–Trinajstić information content (AvgIpc) is 2.29.